The Balaban J connectivity index is 2.18. The quantitative estimate of drug-likeness (QED) is 0.228. The topological polar surface area (TPSA) is 31.4 Å². The van der Waals surface area contributed by atoms with E-state index in [4.69, 9.17) is 0 Å². The van der Waals surface area contributed by atoms with Gasteiger partial charge in [0.1, 0.15) is 17.2 Å². The first-order valence-corrected chi connectivity index (χ1v) is 9.70. The number of nitrogens with zero attached hydrogens (tertiary/aromatic N) is 1. The molecule has 176 valence electrons. The van der Waals surface area contributed by atoms with Crippen LogP contribution in [0.25, 0.3) is 22.4 Å². The van der Waals surface area contributed by atoms with Crippen LogP contribution in [0.3, 0.4) is 0 Å². The first-order chi connectivity index (χ1) is 15.1. The zero-order valence-electron chi connectivity index (χ0n) is 15.7. The van der Waals surface area contributed by atoms with Gasteiger partial charge in [-0.3, -0.25) is 0 Å². The van der Waals surface area contributed by atoms with Gasteiger partial charge in [-0.2, -0.15) is 13.2 Å². The largest absolute Gasteiger partial charge is 0.573 e. The van der Waals surface area contributed by atoms with E-state index in [0.29, 0.717) is 6.07 Å². The number of alkyl halides is 9. The summed E-state index contributed by atoms with van der Waals surface area (Å²) in [5, 5.41) is 0. The Labute approximate surface area is 193 Å². The van der Waals surface area contributed by atoms with Crippen molar-refractivity contribution >= 4 is 22.6 Å². The molecule has 3 rings (SSSR count). The molecule has 33 heavy (non-hydrogen) atoms. The molecule has 0 spiro atoms. The van der Waals surface area contributed by atoms with E-state index in [2.05, 4.69) is 14.5 Å². The monoisotopic (exact) mass is 593 g/mol. The molecule has 13 heteroatoms. The third-order valence-electron chi connectivity index (χ3n) is 3.97. The highest BCUT2D eigenvalue weighted by molar-refractivity contribution is 14.1. The van der Waals surface area contributed by atoms with Gasteiger partial charge in [-0.25, -0.2) is 4.98 Å². The number of hydrogen-bond acceptors (Lipinski definition) is 3. The Morgan fingerprint density at radius 3 is 1.64 bits per heavy atom. The first kappa shape index (κ1) is 24.9. The molecule has 2 aromatic carbocycles. The number of ether oxygens (including phenoxy) is 2. The normalized spacial score (nSPS) is 12.5. The van der Waals surface area contributed by atoms with Crippen LogP contribution in [0.1, 0.15) is 5.69 Å². The van der Waals surface area contributed by atoms with Crippen molar-refractivity contribution in [1.29, 1.82) is 0 Å². The summed E-state index contributed by atoms with van der Waals surface area (Å²) in [6, 6.07) is 9.06. The van der Waals surface area contributed by atoms with Crippen molar-refractivity contribution < 1.29 is 49.0 Å². The van der Waals surface area contributed by atoms with Crippen LogP contribution in [0, 0.1) is 3.57 Å². The predicted molar refractivity (Wildman–Crippen MR) is 106 cm³/mol. The molecule has 3 nitrogen and oxygen atoms in total. The van der Waals surface area contributed by atoms with Gasteiger partial charge in [0.05, 0.1) is 5.69 Å². The molecular weight excluding hydrogens is 584 g/mol. The lowest BCUT2D eigenvalue weighted by Gasteiger charge is -2.16. The molecule has 3 aromatic rings. The van der Waals surface area contributed by atoms with Crippen LogP contribution in [0.5, 0.6) is 11.5 Å². The van der Waals surface area contributed by atoms with E-state index >= 15 is 0 Å². The Morgan fingerprint density at radius 1 is 0.667 bits per heavy atom. The van der Waals surface area contributed by atoms with Gasteiger partial charge in [-0.15, -0.1) is 26.3 Å². The Bertz CT molecular complexity index is 1080. The molecule has 0 saturated carbocycles. The van der Waals surface area contributed by atoms with Crippen molar-refractivity contribution in [3.05, 3.63) is 63.9 Å². The lowest BCUT2D eigenvalue weighted by molar-refractivity contribution is -0.275. The maximum absolute atomic E-state index is 13.5. The third-order valence-corrected chi connectivity index (χ3v) is 5.06. The maximum atomic E-state index is 13.5. The molecule has 0 atom stereocenters. The molecular formula is C20H9F9INO2. The second-order valence-electron chi connectivity index (χ2n) is 6.37. The average Bonchev–Trinajstić information content (AvgIpc) is 2.65. The van der Waals surface area contributed by atoms with Crippen LogP contribution >= 0.6 is 22.6 Å². The molecule has 0 unspecified atom stereocenters. The van der Waals surface area contributed by atoms with Crippen LogP contribution in [0.15, 0.2) is 54.6 Å². The van der Waals surface area contributed by atoms with E-state index in [1.807, 2.05) is 0 Å². The van der Waals surface area contributed by atoms with E-state index in [9.17, 15) is 39.5 Å². The van der Waals surface area contributed by atoms with Crippen LogP contribution < -0.4 is 9.47 Å². The molecule has 0 aliphatic heterocycles. The fourth-order valence-electron chi connectivity index (χ4n) is 2.78. The van der Waals surface area contributed by atoms with Gasteiger partial charge >= 0.3 is 18.9 Å². The van der Waals surface area contributed by atoms with Gasteiger partial charge < -0.3 is 9.47 Å². The van der Waals surface area contributed by atoms with Crippen molar-refractivity contribution in [3.63, 3.8) is 0 Å². The molecule has 0 N–H and O–H groups in total. The van der Waals surface area contributed by atoms with Crippen molar-refractivity contribution in [1.82, 2.24) is 4.98 Å². The summed E-state index contributed by atoms with van der Waals surface area (Å²) in [5.41, 5.74) is -2.07. The van der Waals surface area contributed by atoms with Gasteiger partial charge in [-0.1, -0.05) is 24.3 Å². The van der Waals surface area contributed by atoms with E-state index < -0.39 is 36.1 Å². The SMILES string of the molecule is FC(F)(F)Oc1cccc(-c2cc(C(F)(F)F)nc(-c3cccc(OC(F)(F)F)c3)c2I)c1. The van der Waals surface area contributed by atoms with E-state index in [1.54, 1.807) is 22.6 Å². The molecule has 0 aliphatic carbocycles. The van der Waals surface area contributed by atoms with Gasteiger partial charge in [0.15, 0.2) is 0 Å². The summed E-state index contributed by atoms with van der Waals surface area (Å²) in [4.78, 5) is 3.54. The van der Waals surface area contributed by atoms with Crippen LogP contribution in [-0.4, -0.2) is 17.7 Å². The fourth-order valence-corrected chi connectivity index (χ4v) is 3.68. The second kappa shape index (κ2) is 8.91. The molecule has 0 saturated heterocycles. The summed E-state index contributed by atoms with van der Waals surface area (Å²) < 4.78 is 123. The molecule has 1 heterocycles. The highest BCUT2D eigenvalue weighted by Crippen LogP contribution is 2.40. The summed E-state index contributed by atoms with van der Waals surface area (Å²) in [6.07, 6.45) is -15.0. The number of benzene rings is 2. The molecule has 1 aromatic heterocycles. The highest BCUT2D eigenvalue weighted by atomic mass is 127. The smallest absolute Gasteiger partial charge is 0.406 e. The predicted octanol–water partition coefficient (Wildman–Crippen LogP) is 7.84. The summed E-state index contributed by atoms with van der Waals surface area (Å²) >= 11 is 1.62. The van der Waals surface area contributed by atoms with Gasteiger partial charge in [-0.05, 0) is 64.0 Å². The summed E-state index contributed by atoms with van der Waals surface area (Å²) in [5.74, 6) is -1.35. The average molecular weight is 593 g/mol. The zero-order chi connectivity index (χ0) is 24.6. The summed E-state index contributed by atoms with van der Waals surface area (Å²) in [7, 11) is 0. The zero-order valence-corrected chi connectivity index (χ0v) is 17.9. The van der Waals surface area contributed by atoms with Gasteiger partial charge in [0.25, 0.3) is 0 Å². The number of rotatable bonds is 4. The lowest BCUT2D eigenvalue weighted by atomic mass is 10.0. The van der Waals surface area contributed by atoms with Gasteiger partial charge in [0, 0.05) is 9.13 Å². The molecule has 0 fully saturated rings. The Kier molecular flexibility index (Phi) is 6.73. The minimum absolute atomic E-state index is 0.0499. The first-order valence-electron chi connectivity index (χ1n) is 8.62. The van der Waals surface area contributed by atoms with Crippen molar-refractivity contribution in [3.8, 4) is 33.9 Å². The Hall–Kier alpha value is -2.71. The Morgan fingerprint density at radius 2 is 1.15 bits per heavy atom. The second-order valence-corrected chi connectivity index (χ2v) is 7.45. The molecule has 0 bridgehead atoms. The van der Waals surface area contributed by atoms with E-state index in [1.165, 1.54) is 12.1 Å². The standard InChI is InChI=1S/C20H9F9INO2/c21-18(22,23)15-9-14(10-3-1-5-12(7-10)32-19(24,25)26)16(30)17(31-15)11-4-2-6-13(8-11)33-20(27,28)29/h1-9H. The highest BCUT2D eigenvalue weighted by Gasteiger charge is 2.35. The fraction of sp³-hybridized carbons (Fsp3) is 0.150. The molecule has 0 amide bonds. The maximum Gasteiger partial charge on any atom is 0.573 e. The van der Waals surface area contributed by atoms with Crippen LogP contribution in [0.2, 0.25) is 0 Å². The number of hydrogen-bond donors (Lipinski definition) is 0. The van der Waals surface area contributed by atoms with Crippen LogP contribution in [0.4, 0.5) is 39.5 Å². The number of pyridine rings is 1. The third kappa shape index (κ3) is 6.65. The number of aromatic nitrogens is 1. The van der Waals surface area contributed by atoms with Crippen LogP contribution in [-0.2, 0) is 6.18 Å². The van der Waals surface area contributed by atoms with Gasteiger partial charge in [0.2, 0.25) is 0 Å². The van der Waals surface area contributed by atoms with Crippen molar-refractivity contribution in [2.75, 3.05) is 0 Å². The van der Waals surface area contributed by atoms with E-state index in [0.717, 1.165) is 36.4 Å². The molecule has 0 radical (unpaired) electrons. The van der Waals surface area contributed by atoms with Crippen molar-refractivity contribution in [2.24, 2.45) is 0 Å². The number of halogens is 10. The summed E-state index contributed by atoms with van der Waals surface area (Å²) in [6.45, 7) is 0. The minimum Gasteiger partial charge on any atom is -0.406 e. The van der Waals surface area contributed by atoms with Crippen molar-refractivity contribution in [2.45, 2.75) is 18.9 Å². The molecule has 0 aliphatic rings. The minimum atomic E-state index is -5.03. The van der Waals surface area contributed by atoms with E-state index in [-0.39, 0.29) is 26.0 Å². The lowest BCUT2D eigenvalue weighted by Crippen LogP contribution is -2.17.